The minimum absolute atomic E-state index is 0.0161. The van der Waals surface area contributed by atoms with Gasteiger partial charge in [0, 0.05) is 23.0 Å². The predicted octanol–water partition coefficient (Wildman–Crippen LogP) is 4.53. The first-order valence-corrected chi connectivity index (χ1v) is 12.3. The highest BCUT2D eigenvalue weighted by molar-refractivity contribution is 6.35. The zero-order valence-corrected chi connectivity index (χ0v) is 21.2. The van der Waals surface area contributed by atoms with E-state index < -0.39 is 5.79 Å². The first-order valence-electron chi connectivity index (χ1n) is 11.5. The number of imidazole rings is 1. The van der Waals surface area contributed by atoms with Gasteiger partial charge in [-0.05, 0) is 50.2 Å². The summed E-state index contributed by atoms with van der Waals surface area (Å²) in [5, 5.41) is 5.13. The highest BCUT2D eigenvalue weighted by atomic mass is 35.5. The van der Waals surface area contributed by atoms with Gasteiger partial charge in [-0.15, -0.1) is 0 Å². The molecule has 1 saturated heterocycles. The molecule has 11 heteroatoms. The normalized spacial score (nSPS) is 19.8. The maximum Gasteiger partial charge on any atom is 0.350 e. The molecule has 0 unspecified atom stereocenters. The molecule has 3 heterocycles. The van der Waals surface area contributed by atoms with Crippen LogP contribution in [-0.2, 0) is 21.7 Å². The van der Waals surface area contributed by atoms with Gasteiger partial charge < -0.3 is 19.2 Å². The third-order valence-corrected chi connectivity index (χ3v) is 6.44. The molecule has 0 radical (unpaired) electrons. The Hall–Kier alpha value is -3.11. The molecular weight excluding hydrogens is 505 g/mol. The molecule has 1 fully saturated rings. The van der Waals surface area contributed by atoms with Crippen molar-refractivity contribution in [2.24, 2.45) is 0 Å². The Kier molecular flexibility index (Phi) is 6.90. The van der Waals surface area contributed by atoms with Gasteiger partial charge in [-0.1, -0.05) is 29.3 Å². The molecule has 2 aromatic carbocycles. The van der Waals surface area contributed by atoms with E-state index in [2.05, 4.69) is 15.1 Å². The molecule has 5 rings (SSSR count). The van der Waals surface area contributed by atoms with E-state index in [0.717, 1.165) is 0 Å². The van der Waals surface area contributed by atoms with Crippen molar-refractivity contribution in [3.63, 3.8) is 0 Å². The zero-order valence-electron chi connectivity index (χ0n) is 19.7. The van der Waals surface area contributed by atoms with Crippen LogP contribution in [0.15, 0.2) is 66.0 Å². The second-order valence-corrected chi connectivity index (χ2v) is 9.61. The second-order valence-electron chi connectivity index (χ2n) is 8.77. The summed E-state index contributed by atoms with van der Waals surface area (Å²) in [6, 6.07) is 12.4. The summed E-state index contributed by atoms with van der Waals surface area (Å²) in [5.41, 5.74) is 1.18. The average molecular weight is 530 g/mol. The molecule has 1 aliphatic rings. The first-order chi connectivity index (χ1) is 17.3. The van der Waals surface area contributed by atoms with Crippen LogP contribution in [0.4, 0.5) is 0 Å². The first kappa shape index (κ1) is 24.6. The lowest BCUT2D eigenvalue weighted by molar-refractivity contribution is -0.179. The summed E-state index contributed by atoms with van der Waals surface area (Å²) in [4.78, 5) is 19.9. The van der Waals surface area contributed by atoms with E-state index in [1.807, 2.05) is 26.0 Å². The minimum Gasteiger partial charge on any atom is -0.491 e. The number of nitrogens with zero attached hydrogens (tertiary/aromatic N) is 4. The third-order valence-electron chi connectivity index (χ3n) is 5.89. The summed E-state index contributed by atoms with van der Waals surface area (Å²) in [7, 11) is 0. The number of halogens is 2. The average Bonchev–Trinajstić information content (AvgIpc) is 3.59. The summed E-state index contributed by atoms with van der Waals surface area (Å²) >= 11 is 12.6. The molecule has 1 aliphatic heterocycles. The Labute approximate surface area is 217 Å². The van der Waals surface area contributed by atoms with Gasteiger partial charge in [-0.3, -0.25) is 0 Å². The Bertz CT molecular complexity index is 1380. The molecule has 36 heavy (non-hydrogen) atoms. The number of rotatable bonds is 8. The molecule has 1 N–H and O–H groups in total. The fourth-order valence-corrected chi connectivity index (χ4v) is 4.68. The third kappa shape index (κ3) is 4.92. The fraction of sp³-hybridized carbons (Fsp3) is 0.320. The summed E-state index contributed by atoms with van der Waals surface area (Å²) < 4.78 is 21.5. The van der Waals surface area contributed by atoms with E-state index in [-0.39, 0.29) is 24.4 Å². The minimum atomic E-state index is -1.13. The van der Waals surface area contributed by atoms with Crippen molar-refractivity contribution in [2.45, 2.75) is 38.2 Å². The molecule has 0 amide bonds. The predicted molar refractivity (Wildman–Crippen MR) is 135 cm³/mol. The number of hydrogen-bond donors (Lipinski definition) is 1. The number of hydrogen-bond acceptors (Lipinski definition) is 6. The Morgan fingerprint density at radius 3 is 2.69 bits per heavy atom. The van der Waals surface area contributed by atoms with Gasteiger partial charge in [0.1, 0.15) is 30.6 Å². The molecule has 2 atom stereocenters. The number of H-pyrrole nitrogens is 1. The topological polar surface area (TPSA) is 96.2 Å². The van der Waals surface area contributed by atoms with Crippen LogP contribution in [0.2, 0.25) is 10.0 Å². The largest absolute Gasteiger partial charge is 0.491 e. The van der Waals surface area contributed by atoms with Crippen LogP contribution in [0.5, 0.6) is 5.75 Å². The maximum absolute atomic E-state index is 12.5. The number of aromatic amines is 1. The van der Waals surface area contributed by atoms with Crippen LogP contribution in [0.1, 0.15) is 31.3 Å². The lowest BCUT2D eigenvalue weighted by Gasteiger charge is -2.29. The van der Waals surface area contributed by atoms with Crippen molar-refractivity contribution >= 4 is 23.2 Å². The fourth-order valence-electron chi connectivity index (χ4n) is 4.13. The van der Waals surface area contributed by atoms with Gasteiger partial charge in [0.2, 0.25) is 5.79 Å². The van der Waals surface area contributed by atoms with Gasteiger partial charge >= 0.3 is 5.69 Å². The van der Waals surface area contributed by atoms with Gasteiger partial charge in [0.15, 0.2) is 0 Å². The van der Waals surface area contributed by atoms with Crippen molar-refractivity contribution in [3.8, 4) is 11.4 Å². The zero-order chi connectivity index (χ0) is 25.3. The van der Waals surface area contributed by atoms with Gasteiger partial charge in [0.25, 0.3) is 0 Å². The van der Waals surface area contributed by atoms with Crippen molar-refractivity contribution < 1.29 is 14.2 Å². The number of benzene rings is 2. The molecule has 188 valence electrons. The molecule has 0 bridgehead atoms. The van der Waals surface area contributed by atoms with E-state index in [1.54, 1.807) is 42.7 Å². The molecule has 0 saturated carbocycles. The quantitative estimate of drug-likeness (QED) is 0.360. The van der Waals surface area contributed by atoms with Gasteiger partial charge in [-0.25, -0.2) is 19.0 Å². The molecule has 2 aromatic heterocycles. The van der Waals surface area contributed by atoms with Crippen molar-refractivity contribution in [1.29, 1.82) is 0 Å². The van der Waals surface area contributed by atoms with Crippen LogP contribution in [-0.4, -0.2) is 43.6 Å². The second kappa shape index (κ2) is 10.1. The van der Waals surface area contributed by atoms with E-state index in [9.17, 15) is 4.79 Å². The van der Waals surface area contributed by atoms with Crippen molar-refractivity contribution in [2.75, 3.05) is 13.2 Å². The van der Waals surface area contributed by atoms with E-state index in [1.165, 1.54) is 15.6 Å². The van der Waals surface area contributed by atoms with Crippen LogP contribution in [0, 0.1) is 0 Å². The summed E-state index contributed by atoms with van der Waals surface area (Å²) in [5.74, 6) is 0.212. The van der Waals surface area contributed by atoms with Gasteiger partial charge in [0.05, 0.1) is 29.8 Å². The Balaban J connectivity index is 1.28. The van der Waals surface area contributed by atoms with E-state index in [4.69, 9.17) is 37.4 Å². The summed E-state index contributed by atoms with van der Waals surface area (Å²) in [6.07, 6.45) is 4.92. The Morgan fingerprint density at radius 1 is 1.22 bits per heavy atom. The molecule has 9 nitrogen and oxygen atoms in total. The lowest BCUT2D eigenvalue weighted by Crippen LogP contribution is -2.33. The maximum atomic E-state index is 12.5. The van der Waals surface area contributed by atoms with Crippen molar-refractivity contribution in [1.82, 2.24) is 24.3 Å². The standard InChI is InChI=1S/C25H25Cl2N5O4/c1-16(2)32-24(33)31(15-30-32)18-4-6-19(7-5-18)34-13-20-14-35-25(36-20,12-23-28-9-10-29-23)21-8-3-17(26)11-22(21)27/h3-11,15-16,20H,12-14H2,1-2H3,(H,28,29)/t20-,25-/m1/s1. The smallest absolute Gasteiger partial charge is 0.350 e. The van der Waals surface area contributed by atoms with Crippen molar-refractivity contribution in [3.05, 3.63) is 93.1 Å². The van der Waals surface area contributed by atoms with Gasteiger partial charge in [-0.2, -0.15) is 5.10 Å². The number of ether oxygens (including phenoxy) is 3. The monoisotopic (exact) mass is 529 g/mol. The molecule has 4 aromatic rings. The molecular formula is C25H25Cl2N5O4. The number of aromatic nitrogens is 5. The lowest BCUT2D eigenvalue weighted by atomic mass is 10.0. The summed E-state index contributed by atoms with van der Waals surface area (Å²) in [6.45, 7) is 4.39. The van der Waals surface area contributed by atoms with E-state index >= 15 is 0 Å². The van der Waals surface area contributed by atoms with Crippen LogP contribution in [0.3, 0.4) is 0 Å². The number of nitrogens with one attached hydrogen (secondary N) is 1. The Morgan fingerprint density at radius 2 is 2.03 bits per heavy atom. The molecule has 0 aliphatic carbocycles. The SMILES string of the molecule is CC(C)n1ncn(-c2ccc(OC[C@@H]3CO[C@@](Cc4ncc[nH]4)(c4ccc(Cl)cc4Cl)O3)cc2)c1=O. The molecule has 0 spiro atoms. The highest BCUT2D eigenvalue weighted by Crippen LogP contribution is 2.41. The highest BCUT2D eigenvalue weighted by Gasteiger charge is 2.45. The van der Waals surface area contributed by atoms with E-state index in [0.29, 0.717) is 45.9 Å². The van der Waals surface area contributed by atoms with Crippen LogP contribution >= 0.6 is 23.2 Å². The van der Waals surface area contributed by atoms with Crippen LogP contribution in [0.25, 0.3) is 5.69 Å². The van der Waals surface area contributed by atoms with Crippen LogP contribution < -0.4 is 10.4 Å².